The Morgan fingerprint density at radius 2 is 2.07 bits per heavy atom. The monoisotopic (exact) mass is 283 g/mol. The molecule has 84 valence electrons. The summed E-state index contributed by atoms with van der Waals surface area (Å²) in [5, 5.41) is 0. The maximum absolute atomic E-state index is 13.4. The summed E-state index contributed by atoms with van der Waals surface area (Å²) in [6, 6.07) is 2.80. The second-order valence-corrected chi connectivity index (χ2v) is 3.55. The molecule has 0 aliphatic rings. The van der Waals surface area contributed by atoms with E-state index in [4.69, 9.17) is 5.73 Å². The SMILES string of the molecule is NCc1ccc(OCC(F)F)c(F)c1Br. The van der Waals surface area contributed by atoms with Gasteiger partial charge in [0.2, 0.25) is 0 Å². The molecule has 2 N–H and O–H groups in total. The Labute approximate surface area is 93.3 Å². The molecule has 2 nitrogen and oxygen atoms in total. The van der Waals surface area contributed by atoms with Gasteiger partial charge >= 0.3 is 0 Å². The third kappa shape index (κ3) is 3.10. The van der Waals surface area contributed by atoms with E-state index in [0.29, 0.717) is 5.56 Å². The zero-order valence-electron chi connectivity index (χ0n) is 7.64. The number of benzene rings is 1. The van der Waals surface area contributed by atoms with Crippen molar-refractivity contribution in [3.8, 4) is 5.75 Å². The maximum atomic E-state index is 13.4. The highest BCUT2D eigenvalue weighted by Crippen LogP contribution is 2.28. The van der Waals surface area contributed by atoms with Crippen LogP contribution in [0.25, 0.3) is 0 Å². The fraction of sp³-hybridized carbons (Fsp3) is 0.333. The molecule has 1 aromatic rings. The Morgan fingerprint density at radius 1 is 1.40 bits per heavy atom. The molecule has 0 unspecified atom stereocenters. The first-order valence-corrected chi connectivity index (χ1v) is 4.93. The maximum Gasteiger partial charge on any atom is 0.272 e. The van der Waals surface area contributed by atoms with Crippen LogP contribution in [0.4, 0.5) is 13.2 Å². The van der Waals surface area contributed by atoms with Crippen molar-refractivity contribution in [1.29, 1.82) is 0 Å². The van der Waals surface area contributed by atoms with Crippen LogP contribution in [0, 0.1) is 5.82 Å². The first kappa shape index (κ1) is 12.3. The van der Waals surface area contributed by atoms with Gasteiger partial charge < -0.3 is 10.5 Å². The number of hydrogen-bond donors (Lipinski definition) is 1. The minimum absolute atomic E-state index is 0.150. The molecule has 1 aromatic carbocycles. The Morgan fingerprint density at radius 3 is 2.60 bits per heavy atom. The molecule has 15 heavy (non-hydrogen) atoms. The topological polar surface area (TPSA) is 35.2 Å². The molecular weight excluding hydrogens is 275 g/mol. The minimum Gasteiger partial charge on any atom is -0.485 e. The van der Waals surface area contributed by atoms with Gasteiger partial charge in [-0.3, -0.25) is 0 Å². The lowest BCUT2D eigenvalue weighted by Gasteiger charge is -2.09. The molecule has 1 rings (SSSR count). The number of hydrogen-bond acceptors (Lipinski definition) is 2. The van der Waals surface area contributed by atoms with E-state index in [0.717, 1.165) is 0 Å². The molecule has 6 heteroatoms. The summed E-state index contributed by atoms with van der Waals surface area (Å²) in [5.74, 6) is -0.919. The van der Waals surface area contributed by atoms with Gasteiger partial charge in [-0.05, 0) is 27.6 Å². The molecule has 0 atom stereocenters. The molecule has 0 aliphatic heterocycles. The van der Waals surface area contributed by atoms with Crippen molar-refractivity contribution < 1.29 is 17.9 Å². The predicted molar refractivity (Wildman–Crippen MR) is 53.5 cm³/mol. The molecule has 0 spiro atoms. The van der Waals surface area contributed by atoms with Gasteiger partial charge in [-0.2, -0.15) is 0 Å². The van der Waals surface area contributed by atoms with E-state index in [-0.39, 0.29) is 16.8 Å². The largest absolute Gasteiger partial charge is 0.485 e. The van der Waals surface area contributed by atoms with Crippen LogP contribution in [-0.4, -0.2) is 13.0 Å². The summed E-state index contributed by atoms with van der Waals surface area (Å²) >= 11 is 2.98. The van der Waals surface area contributed by atoms with E-state index in [1.165, 1.54) is 12.1 Å². The van der Waals surface area contributed by atoms with E-state index >= 15 is 0 Å². The highest BCUT2D eigenvalue weighted by atomic mass is 79.9. The summed E-state index contributed by atoms with van der Waals surface area (Å²) in [7, 11) is 0. The molecule has 0 saturated carbocycles. The van der Waals surface area contributed by atoms with Gasteiger partial charge in [-0.1, -0.05) is 6.07 Å². The first-order chi connectivity index (χ1) is 7.06. The summed E-state index contributed by atoms with van der Waals surface area (Å²) in [4.78, 5) is 0. The van der Waals surface area contributed by atoms with Gasteiger partial charge in [-0.15, -0.1) is 0 Å². The Kier molecular flexibility index (Phi) is 4.41. The molecule has 0 aromatic heterocycles. The van der Waals surface area contributed by atoms with Gasteiger partial charge in [0, 0.05) is 6.54 Å². The average Bonchev–Trinajstić information content (AvgIpc) is 2.20. The predicted octanol–water partition coefficient (Wildman–Crippen LogP) is 2.69. The van der Waals surface area contributed by atoms with Crippen LogP contribution in [0.1, 0.15) is 5.56 Å². The molecule has 0 fully saturated rings. The zero-order chi connectivity index (χ0) is 11.4. The number of nitrogens with two attached hydrogens (primary N) is 1. The lowest BCUT2D eigenvalue weighted by atomic mass is 10.2. The smallest absolute Gasteiger partial charge is 0.272 e. The van der Waals surface area contributed by atoms with Crippen LogP contribution in [0.2, 0.25) is 0 Å². The second-order valence-electron chi connectivity index (χ2n) is 2.76. The van der Waals surface area contributed by atoms with Gasteiger partial charge in [0.05, 0.1) is 4.47 Å². The van der Waals surface area contributed by atoms with Gasteiger partial charge in [0.1, 0.15) is 6.61 Å². The van der Waals surface area contributed by atoms with Crippen LogP contribution < -0.4 is 10.5 Å². The first-order valence-electron chi connectivity index (χ1n) is 4.14. The zero-order valence-corrected chi connectivity index (χ0v) is 9.23. The van der Waals surface area contributed by atoms with Gasteiger partial charge in [0.25, 0.3) is 6.43 Å². The van der Waals surface area contributed by atoms with Crippen molar-refractivity contribution in [2.24, 2.45) is 5.73 Å². The van der Waals surface area contributed by atoms with Crippen LogP contribution in [0.15, 0.2) is 16.6 Å². The molecule has 0 heterocycles. The van der Waals surface area contributed by atoms with Gasteiger partial charge in [0.15, 0.2) is 11.6 Å². The van der Waals surface area contributed by atoms with E-state index in [1.54, 1.807) is 0 Å². The Balaban J connectivity index is 2.87. The normalized spacial score (nSPS) is 10.8. The van der Waals surface area contributed by atoms with Crippen LogP contribution in [0.5, 0.6) is 5.75 Å². The van der Waals surface area contributed by atoms with E-state index in [9.17, 15) is 13.2 Å². The second kappa shape index (κ2) is 5.37. The molecule has 0 bridgehead atoms. The van der Waals surface area contributed by atoms with Crippen molar-refractivity contribution >= 4 is 15.9 Å². The van der Waals surface area contributed by atoms with E-state index in [1.807, 2.05) is 0 Å². The fourth-order valence-corrected chi connectivity index (χ4v) is 1.48. The number of ether oxygens (including phenoxy) is 1. The Hall–Kier alpha value is -0.750. The summed E-state index contributed by atoms with van der Waals surface area (Å²) in [6.07, 6.45) is -2.63. The highest BCUT2D eigenvalue weighted by Gasteiger charge is 2.13. The quantitative estimate of drug-likeness (QED) is 0.922. The molecule has 0 amide bonds. The van der Waals surface area contributed by atoms with Crippen molar-refractivity contribution in [1.82, 2.24) is 0 Å². The van der Waals surface area contributed by atoms with Crippen molar-refractivity contribution in [3.63, 3.8) is 0 Å². The molecule has 0 radical (unpaired) electrons. The lowest BCUT2D eigenvalue weighted by molar-refractivity contribution is 0.0798. The Bertz CT molecular complexity index is 346. The molecular formula is C9H9BrF3NO. The summed E-state index contributed by atoms with van der Waals surface area (Å²) < 4.78 is 41.8. The summed E-state index contributed by atoms with van der Waals surface area (Å²) in [5.41, 5.74) is 5.89. The van der Waals surface area contributed by atoms with E-state index in [2.05, 4.69) is 20.7 Å². The molecule has 0 saturated heterocycles. The van der Waals surface area contributed by atoms with Crippen molar-refractivity contribution in [2.45, 2.75) is 13.0 Å². The number of alkyl halides is 2. The lowest BCUT2D eigenvalue weighted by Crippen LogP contribution is -2.09. The third-order valence-corrected chi connectivity index (χ3v) is 2.57. The van der Waals surface area contributed by atoms with Crippen LogP contribution in [0.3, 0.4) is 0 Å². The number of halogens is 4. The standard InChI is InChI=1S/C9H9BrF3NO/c10-8-5(3-14)1-2-6(9(8)13)15-4-7(11)12/h1-2,7H,3-4,14H2. The van der Waals surface area contributed by atoms with E-state index < -0.39 is 18.8 Å². The number of rotatable bonds is 4. The summed E-state index contributed by atoms with van der Waals surface area (Å²) in [6.45, 7) is -0.669. The van der Waals surface area contributed by atoms with Crippen LogP contribution >= 0.6 is 15.9 Å². The minimum atomic E-state index is -2.63. The van der Waals surface area contributed by atoms with Gasteiger partial charge in [-0.25, -0.2) is 13.2 Å². The highest BCUT2D eigenvalue weighted by molar-refractivity contribution is 9.10. The van der Waals surface area contributed by atoms with Crippen LogP contribution in [-0.2, 0) is 6.54 Å². The average molecular weight is 284 g/mol. The fourth-order valence-electron chi connectivity index (χ4n) is 0.994. The van der Waals surface area contributed by atoms with Crippen molar-refractivity contribution in [3.05, 3.63) is 28.0 Å². The molecule has 0 aliphatic carbocycles. The third-order valence-electron chi connectivity index (χ3n) is 1.71. The van der Waals surface area contributed by atoms with Crippen molar-refractivity contribution in [2.75, 3.05) is 6.61 Å².